The second-order valence-corrected chi connectivity index (χ2v) is 6.31. The van der Waals surface area contributed by atoms with Gasteiger partial charge < -0.3 is 14.3 Å². The largest absolute Gasteiger partial charge is 0.431 e. The third kappa shape index (κ3) is 4.73. The quantitative estimate of drug-likeness (QED) is 0.671. The number of carbonyl (C=O) groups excluding carboxylic acids is 2. The molecule has 0 spiro atoms. The summed E-state index contributed by atoms with van der Waals surface area (Å²) in [6.45, 7) is 3.81. The summed E-state index contributed by atoms with van der Waals surface area (Å²) < 4.78 is 10.2. The van der Waals surface area contributed by atoms with E-state index in [9.17, 15) is 9.59 Å². The van der Waals surface area contributed by atoms with Gasteiger partial charge in [-0.1, -0.05) is 28.9 Å². The lowest BCUT2D eigenvalue weighted by molar-refractivity contribution is -0.115. The number of nitrogens with zero attached hydrogens (tertiary/aromatic N) is 2. The van der Waals surface area contributed by atoms with Crippen molar-refractivity contribution in [3.63, 3.8) is 0 Å². The molecule has 0 aliphatic rings. The van der Waals surface area contributed by atoms with Crippen LogP contribution in [0.25, 0.3) is 0 Å². The van der Waals surface area contributed by atoms with Gasteiger partial charge >= 0.3 is 6.01 Å². The van der Waals surface area contributed by atoms with Gasteiger partial charge in [0.05, 0.1) is 12.1 Å². The van der Waals surface area contributed by atoms with E-state index in [2.05, 4.69) is 20.8 Å². The van der Waals surface area contributed by atoms with E-state index in [0.29, 0.717) is 28.6 Å². The Morgan fingerprint density at radius 2 is 1.93 bits per heavy atom. The normalized spacial score (nSPS) is 10.6. The van der Waals surface area contributed by atoms with Crippen LogP contribution in [0.3, 0.4) is 0 Å². The fourth-order valence-electron chi connectivity index (χ4n) is 2.39. The molecule has 9 heteroatoms. The minimum Gasteiger partial charge on any atom is -0.431 e. The first kappa shape index (κ1) is 18.7. The topological polar surface area (TPSA) is 110 Å². The van der Waals surface area contributed by atoms with E-state index < -0.39 is 5.91 Å². The highest BCUT2D eigenvalue weighted by molar-refractivity contribution is 6.30. The number of aromatic nitrogens is 2. The zero-order chi connectivity index (χ0) is 19.4. The molecule has 3 aromatic rings. The van der Waals surface area contributed by atoms with Crippen molar-refractivity contribution < 1.29 is 18.5 Å². The van der Waals surface area contributed by atoms with Crippen molar-refractivity contribution in [1.29, 1.82) is 0 Å². The molecule has 1 aromatic carbocycles. The first-order valence-corrected chi connectivity index (χ1v) is 8.50. The van der Waals surface area contributed by atoms with Gasteiger partial charge in [-0.25, -0.2) is 0 Å². The van der Waals surface area contributed by atoms with Crippen molar-refractivity contribution in [2.24, 2.45) is 0 Å². The number of hydrogen-bond acceptors (Lipinski definition) is 6. The summed E-state index contributed by atoms with van der Waals surface area (Å²) >= 11 is 5.82. The maximum absolute atomic E-state index is 12.1. The second kappa shape index (κ2) is 8.05. The zero-order valence-electron chi connectivity index (χ0n) is 14.7. The van der Waals surface area contributed by atoms with Crippen LogP contribution in [0.4, 0.5) is 6.01 Å². The van der Waals surface area contributed by atoms with Crippen LogP contribution in [0.15, 0.2) is 39.5 Å². The Labute approximate surface area is 159 Å². The van der Waals surface area contributed by atoms with Gasteiger partial charge in [0, 0.05) is 17.1 Å². The Balaban J connectivity index is 1.55. The average molecular weight is 389 g/mol. The maximum atomic E-state index is 12.1. The molecule has 0 unspecified atom stereocenters. The molecule has 0 saturated heterocycles. The molecule has 0 atom stereocenters. The number of amides is 2. The standard InChI is InChI=1S/C18H17ClN4O4/c1-10-14(11(2)27-23-10)7-16(24)22-18-21-15(9-26-18)17(25)20-8-12-3-5-13(19)6-4-12/h3-6,9H,7-8H2,1-2H3,(H,20,25)(H,21,22,24). The summed E-state index contributed by atoms with van der Waals surface area (Å²) in [5, 5.41) is 9.65. The Bertz CT molecular complexity index is 943. The Kier molecular flexibility index (Phi) is 5.56. The molecule has 2 heterocycles. The molecule has 0 fully saturated rings. The van der Waals surface area contributed by atoms with Gasteiger partial charge in [-0.2, -0.15) is 4.98 Å². The van der Waals surface area contributed by atoms with Crippen molar-refractivity contribution >= 4 is 29.4 Å². The van der Waals surface area contributed by atoms with Crippen LogP contribution < -0.4 is 10.6 Å². The first-order chi connectivity index (χ1) is 12.9. The lowest BCUT2D eigenvalue weighted by Crippen LogP contribution is -2.23. The molecule has 2 amide bonds. The monoisotopic (exact) mass is 388 g/mol. The second-order valence-electron chi connectivity index (χ2n) is 5.87. The van der Waals surface area contributed by atoms with E-state index in [4.69, 9.17) is 20.5 Å². The van der Waals surface area contributed by atoms with Crippen LogP contribution in [0, 0.1) is 13.8 Å². The number of rotatable bonds is 6. The molecular formula is C18H17ClN4O4. The van der Waals surface area contributed by atoms with Gasteiger partial charge in [-0.3, -0.25) is 14.9 Å². The molecule has 2 N–H and O–H groups in total. The van der Waals surface area contributed by atoms with E-state index in [1.165, 1.54) is 6.26 Å². The van der Waals surface area contributed by atoms with E-state index in [1.807, 2.05) is 12.1 Å². The first-order valence-electron chi connectivity index (χ1n) is 8.12. The number of anilines is 1. The van der Waals surface area contributed by atoms with E-state index in [0.717, 1.165) is 5.56 Å². The molecular weight excluding hydrogens is 372 g/mol. The zero-order valence-corrected chi connectivity index (χ0v) is 15.5. The van der Waals surface area contributed by atoms with E-state index >= 15 is 0 Å². The summed E-state index contributed by atoms with van der Waals surface area (Å²) in [5.74, 6) is -0.184. The van der Waals surface area contributed by atoms with Gasteiger partial charge in [0.25, 0.3) is 5.91 Å². The highest BCUT2D eigenvalue weighted by Crippen LogP contribution is 2.15. The smallest absolute Gasteiger partial charge is 0.302 e. The summed E-state index contributed by atoms with van der Waals surface area (Å²) in [5.41, 5.74) is 2.32. The minimum absolute atomic E-state index is 0.0524. The third-order valence-corrected chi connectivity index (χ3v) is 4.12. The molecule has 140 valence electrons. The highest BCUT2D eigenvalue weighted by Gasteiger charge is 2.17. The van der Waals surface area contributed by atoms with Crippen molar-refractivity contribution in [2.75, 3.05) is 5.32 Å². The van der Waals surface area contributed by atoms with Crippen molar-refractivity contribution in [2.45, 2.75) is 26.8 Å². The molecule has 0 aliphatic carbocycles. The Morgan fingerprint density at radius 3 is 2.59 bits per heavy atom. The number of halogens is 1. The summed E-state index contributed by atoms with van der Waals surface area (Å²) in [4.78, 5) is 28.2. The van der Waals surface area contributed by atoms with Gasteiger partial charge in [0.1, 0.15) is 12.0 Å². The summed E-state index contributed by atoms with van der Waals surface area (Å²) in [6, 6.07) is 7.05. The molecule has 0 radical (unpaired) electrons. The van der Waals surface area contributed by atoms with Gasteiger partial charge in [-0.15, -0.1) is 0 Å². The fourth-order valence-corrected chi connectivity index (χ4v) is 2.51. The maximum Gasteiger partial charge on any atom is 0.302 e. The number of carbonyl (C=O) groups is 2. The summed E-state index contributed by atoms with van der Waals surface area (Å²) in [6.07, 6.45) is 1.25. The number of aryl methyl sites for hydroxylation is 2. The molecule has 8 nitrogen and oxygen atoms in total. The van der Waals surface area contributed by atoms with Crippen molar-refractivity contribution in [3.05, 3.63) is 63.8 Å². The molecule has 0 saturated carbocycles. The molecule has 2 aromatic heterocycles. The van der Waals surface area contributed by atoms with Crippen molar-refractivity contribution in [3.8, 4) is 0 Å². The molecule has 3 rings (SSSR count). The Morgan fingerprint density at radius 1 is 1.19 bits per heavy atom. The van der Waals surface area contributed by atoms with Crippen LogP contribution in [-0.4, -0.2) is 22.0 Å². The van der Waals surface area contributed by atoms with Crippen LogP contribution in [0.5, 0.6) is 0 Å². The molecule has 0 bridgehead atoms. The Hall–Kier alpha value is -3.13. The van der Waals surface area contributed by atoms with Crippen LogP contribution in [-0.2, 0) is 17.8 Å². The average Bonchev–Trinajstić information content (AvgIpc) is 3.23. The predicted molar refractivity (Wildman–Crippen MR) is 97.4 cm³/mol. The number of oxazole rings is 1. The molecule has 0 aliphatic heterocycles. The van der Waals surface area contributed by atoms with Crippen LogP contribution >= 0.6 is 11.6 Å². The van der Waals surface area contributed by atoms with Gasteiger partial charge in [-0.05, 0) is 31.5 Å². The van der Waals surface area contributed by atoms with Gasteiger partial charge in [0.2, 0.25) is 5.91 Å². The van der Waals surface area contributed by atoms with Gasteiger partial charge in [0.15, 0.2) is 5.69 Å². The number of hydrogen-bond donors (Lipinski definition) is 2. The van der Waals surface area contributed by atoms with Crippen molar-refractivity contribution in [1.82, 2.24) is 15.5 Å². The SMILES string of the molecule is Cc1noc(C)c1CC(=O)Nc1nc(C(=O)NCc2ccc(Cl)cc2)co1. The van der Waals surface area contributed by atoms with Crippen LogP contribution in [0.2, 0.25) is 5.02 Å². The lowest BCUT2D eigenvalue weighted by atomic mass is 10.1. The number of nitrogens with one attached hydrogen (secondary N) is 2. The van der Waals surface area contributed by atoms with E-state index in [-0.39, 0.29) is 24.0 Å². The minimum atomic E-state index is -0.417. The lowest BCUT2D eigenvalue weighted by Gasteiger charge is -2.03. The van der Waals surface area contributed by atoms with E-state index in [1.54, 1.807) is 26.0 Å². The molecule has 27 heavy (non-hydrogen) atoms. The fraction of sp³-hybridized carbons (Fsp3) is 0.222. The predicted octanol–water partition coefficient (Wildman–Crippen LogP) is 3.04. The highest BCUT2D eigenvalue weighted by atomic mass is 35.5. The summed E-state index contributed by atoms with van der Waals surface area (Å²) in [7, 11) is 0. The van der Waals surface area contributed by atoms with Crippen LogP contribution in [0.1, 0.15) is 33.1 Å². The number of benzene rings is 1. The third-order valence-electron chi connectivity index (χ3n) is 3.87.